The quantitative estimate of drug-likeness (QED) is 0.828. The van der Waals surface area contributed by atoms with Crippen LogP contribution < -0.4 is 5.32 Å². The van der Waals surface area contributed by atoms with Crippen LogP contribution in [0.25, 0.3) is 0 Å². The maximum atomic E-state index is 12.5. The molecular weight excluding hydrogens is 232 g/mol. The van der Waals surface area contributed by atoms with Crippen LogP contribution in [0.3, 0.4) is 0 Å². The molecule has 0 aromatic carbocycles. The molecule has 1 fully saturated rings. The predicted molar refractivity (Wildman–Crippen MR) is 54.6 cm³/mol. The summed E-state index contributed by atoms with van der Waals surface area (Å²) < 4.78 is 26.4. The summed E-state index contributed by atoms with van der Waals surface area (Å²) in [7, 11) is 0. The molecule has 0 radical (unpaired) electrons. The van der Waals surface area contributed by atoms with E-state index in [1.165, 1.54) is 17.1 Å². The zero-order valence-corrected chi connectivity index (χ0v) is 9.07. The minimum atomic E-state index is -2.62. The second kappa shape index (κ2) is 4.31. The van der Waals surface area contributed by atoms with E-state index in [1.54, 1.807) is 0 Å². The molecule has 1 amide bonds. The second-order valence-electron chi connectivity index (χ2n) is 4.24. The van der Waals surface area contributed by atoms with Crippen LogP contribution in [0.5, 0.6) is 5.75 Å². The molecule has 1 aliphatic rings. The highest BCUT2D eigenvalue weighted by atomic mass is 19.3. The molecule has 1 heterocycles. The molecule has 0 atom stereocenters. The number of aromatic hydroxyl groups is 1. The average molecular weight is 245 g/mol. The molecule has 1 aliphatic carbocycles. The number of alkyl halides is 2. The Hall–Kier alpha value is -1.66. The number of rotatable bonds is 4. The Balaban J connectivity index is 1.68. The van der Waals surface area contributed by atoms with E-state index < -0.39 is 12.0 Å². The molecule has 0 saturated heterocycles. The summed E-state index contributed by atoms with van der Waals surface area (Å²) in [5, 5.41) is 15.3. The number of nitrogens with zero attached hydrogens (tertiary/aromatic N) is 2. The van der Waals surface area contributed by atoms with Crippen molar-refractivity contribution in [2.75, 3.05) is 0 Å². The van der Waals surface area contributed by atoms with Crippen LogP contribution in [0.2, 0.25) is 0 Å². The van der Waals surface area contributed by atoms with Crippen LogP contribution in [0.1, 0.15) is 19.3 Å². The van der Waals surface area contributed by atoms with E-state index in [-0.39, 0.29) is 30.9 Å². The van der Waals surface area contributed by atoms with Crippen molar-refractivity contribution in [3.05, 3.63) is 12.4 Å². The number of aryl methyl sites for hydroxylation is 1. The SMILES string of the molecule is O=C(CCn1cc(O)cn1)NC1CC(F)(F)C1. The van der Waals surface area contributed by atoms with Gasteiger partial charge in [-0.3, -0.25) is 9.48 Å². The number of amides is 1. The maximum Gasteiger partial charge on any atom is 0.252 e. The third kappa shape index (κ3) is 3.15. The Morgan fingerprint density at radius 2 is 2.35 bits per heavy atom. The van der Waals surface area contributed by atoms with Crippen molar-refractivity contribution in [1.29, 1.82) is 0 Å². The molecule has 2 N–H and O–H groups in total. The zero-order valence-electron chi connectivity index (χ0n) is 9.07. The second-order valence-corrected chi connectivity index (χ2v) is 4.24. The van der Waals surface area contributed by atoms with Gasteiger partial charge in [0.25, 0.3) is 5.92 Å². The number of aromatic nitrogens is 2. The van der Waals surface area contributed by atoms with E-state index >= 15 is 0 Å². The summed E-state index contributed by atoms with van der Waals surface area (Å²) in [5.74, 6) is -2.87. The van der Waals surface area contributed by atoms with Crippen molar-refractivity contribution in [3.63, 3.8) is 0 Å². The highest BCUT2D eigenvalue weighted by molar-refractivity contribution is 5.76. The van der Waals surface area contributed by atoms with Gasteiger partial charge in [-0.05, 0) is 0 Å². The van der Waals surface area contributed by atoms with Gasteiger partial charge in [0.15, 0.2) is 5.75 Å². The normalized spacial score (nSPS) is 18.7. The molecule has 1 aromatic rings. The Morgan fingerprint density at radius 3 is 2.88 bits per heavy atom. The summed E-state index contributed by atoms with van der Waals surface area (Å²) in [6.45, 7) is 0.315. The monoisotopic (exact) mass is 245 g/mol. The molecular formula is C10H13F2N3O2. The minimum absolute atomic E-state index is 0.0315. The molecule has 2 rings (SSSR count). The van der Waals surface area contributed by atoms with E-state index in [2.05, 4.69) is 10.4 Å². The fourth-order valence-corrected chi connectivity index (χ4v) is 1.75. The average Bonchev–Trinajstić information content (AvgIpc) is 2.58. The number of carbonyl (C=O) groups excluding carboxylic acids is 1. The van der Waals surface area contributed by atoms with Gasteiger partial charge in [-0.2, -0.15) is 5.10 Å². The molecule has 0 spiro atoms. The molecule has 17 heavy (non-hydrogen) atoms. The van der Waals surface area contributed by atoms with Crippen LogP contribution >= 0.6 is 0 Å². The number of hydrogen-bond acceptors (Lipinski definition) is 3. The lowest BCUT2D eigenvalue weighted by Gasteiger charge is -2.35. The van der Waals surface area contributed by atoms with Crippen LogP contribution in [-0.2, 0) is 11.3 Å². The predicted octanol–water partition coefficient (Wildman–Crippen LogP) is 0.893. The van der Waals surface area contributed by atoms with Gasteiger partial charge in [-0.1, -0.05) is 0 Å². The Kier molecular flexibility index (Phi) is 2.99. The molecule has 94 valence electrons. The lowest BCUT2D eigenvalue weighted by Crippen LogP contribution is -2.50. The van der Waals surface area contributed by atoms with Crippen LogP contribution in [0.15, 0.2) is 12.4 Å². The van der Waals surface area contributed by atoms with Crippen molar-refractivity contribution in [1.82, 2.24) is 15.1 Å². The molecule has 0 unspecified atom stereocenters. The van der Waals surface area contributed by atoms with Gasteiger partial charge in [-0.25, -0.2) is 8.78 Å². The van der Waals surface area contributed by atoms with Gasteiger partial charge in [0.1, 0.15) is 0 Å². The van der Waals surface area contributed by atoms with Gasteiger partial charge >= 0.3 is 0 Å². The van der Waals surface area contributed by atoms with Crippen molar-refractivity contribution < 1.29 is 18.7 Å². The molecule has 5 nitrogen and oxygen atoms in total. The third-order valence-electron chi connectivity index (χ3n) is 2.64. The topological polar surface area (TPSA) is 67.2 Å². The van der Waals surface area contributed by atoms with Crippen molar-refractivity contribution in [2.24, 2.45) is 0 Å². The number of hydrogen-bond donors (Lipinski definition) is 2. The minimum Gasteiger partial charge on any atom is -0.505 e. The highest BCUT2D eigenvalue weighted by Gasteiger charge is 2.45. The van der Waals surface area contributed by atoms with Gasteiger partial charge in [0.2, 0.25) is 5.91 Å². The summed E-state index contributed by atoms with van der Waals surface area (Å²) in [6.07, 6.45) is 2.26. The Morgan fingerprint density at radius 1 is 1.65 bits per heavy atom. The van der Waals surface area contributed by atoms with E-state index in [9.17, 15) is 13.6 Å². The summed E-state index contributed by atoms with van der Waals surface area (Å²) in [4.78, 5) is 11.4. The molecule has 7 heteroatoms. The van der Waals surface area contributed by atoms with E-state index in [0.717, 1.165) is 0 Å². The maximum absolute atomic E-state index is 12.5. The van der Waals surface area contributed by atoms with Crippen LogP contribution in [-0.4, -0.2) is 32.8 Å². The van der Waals surface area contributed by atoms with Crippen molar-refractivity contribution in [2.45, 2.75) is 37.8 Å². The smallest absolute Gasteiger partial charge is 0.252 e. The van der Waals surface area contributed by atoms with E-state index in [1.807, 2.05) is 0 Å². The largest absolute Gasteiger partial charge is 0.505 e. The van der Waals surface area contributed by atoms with E-state index in [4.69, 9.17) is 5.11 Å². The highest BCUT2D eigenvalue weighted by Crippen LogP contribution is 2.37. The standard InChI is InChI=1S/C10H13F2N3O2/c11-10(12)3-7(4-10)14-9(17)1-2-15-6-8(16)5-13-15/h5-7,16H,1-4H2,(H,14,17). The number of nitrogens with one attached hydrogen (secondary N) is 1. The van der Waals surface area contributed by atoms with Gasteiger partial charge in [-0.15, -0.1) is 0 Å². The lowest BCUT2D eigenvalue weighted by molar-refractivity contribution is -0.129. The van der Waals surface area contributed by atoms with E-state index in [0.29, 0.717) is 6.54 Å². The fraction of sp³-hybridized carbons (Fsp3) is 0.600. The summed E-state index contributed by atoms with van der Waals surface area (Å²) in [6, 6.07) is -0.413. The molecule has 1 saturated carbocycles. The van der Waals surface area contributed by atoms with Crippen LogP contribution in [0.4, 0.5) is 8.78 Å². The van der Waals surface area contributed by atoms with Gasteiger partial charge in [0.05, 0.1) is 12.4 Å². The first-order valence-electron chi connectivity index (χ1n) is 5.33. The molecule has 0 aliphatic heterocycles. The van der Waals surface area contributed by atoms with Crippen molar-refractivity contribution in [3.8, 4) is 5.75 Å². The van der Waals surface area contributed by atoms with Crippen molar-refractivity contribution >= 4 is 5.91 Å². The number of carbonyl (C=O) groups is 1. The first kappa shape index (κ1) is 11.8. The van der Waals surface area contributed by atoms with Crippen LogP contribution in [0, 0.1) is 0 Å². The fourth-order valence-electron chi connectivity index (χ4n) is 1.75. The van der Waals surface area contributed by atoms with Gasteiger partial charge in [0, 0.05) is 31.8 Å². The Labute approximate surface area is 96.4 Å². The first-order chi connectivity index (χ1) is 7.94. The summed E-state index contributed by atoms with van der Waals surface area (Å²) in [5.41, 5.74) is 0. The zero-order chi connectivity index (χ0) is 12.5. The summed E-state index contributed by atoms with van der Waals surface area (Å²) >= 11 is 0. The molecule has 1 aromatic heterocycles. The lowest BCUT2D eigenvalue weighted by atomic mass is 9.88. The van der Waals surface area contributed by atoms with Gasteiger partial charge < -0.3 is 10.4 Å². The molecule has 0 bridgehead atoms. The third-order valence-corrected chi connectivity index (χ3v) is 2.64. The Bertz CT molecular complexity index is 411. The first-order valence-corrected chi connectivity index (χ1v) is 5.33. The number of halogens is 2.